The van der Waals surface area contributed by atoms with Crippen LogP contribution in [-0.2, 0) is 9.53 Å². The first-order chi connectivity index (χ1) is 10.9. The lowest BCUT2D eigenvalue weighted by Crippen LogP contribution is -2.28. The topological polar surface area (TPSA) is 107 Å². The third kappa shape index (κ3) is 3.98. The third-order valence-corrected chi connectivity index (χ3v) is 3.28. The molecule has 2 aromatic heterocycles. The molecule has 124 valence electrons. The number of carbonyl (C=O) groups is 2. The van der Waals surface area contributed by atoms with Crippen LogP contribution in [0.15, 0.2) is 16.7 Å². The molecule has 2 N–H and O–H groups in total. The molecule has 2 heterocycles. The van der Waals surface area contributed by atoms with E-state index < -0.39 is 5.97 Å². The van der Waals surface area contributed by atoms with Crippen LogP contribution < -0.4 is 5.32 Å². The van der Waals surface area contributed by atoms with Crippen LogP contribution in [0.4, 0.5) is 0 Å². The lowest BCUT2D eigenvalue weighted by Gasteiger charge is -2.07. The molecule has 2 aromatic rings. The maximum Gasteiger partial charge on any atom is 0.329 e. The molecule has 8 nitrogen and oxygen atoms in total. The Hall–Kier alpha value is -2.61. The van der Waals surface area contributed by atoms with Gasteiger partial charge in [0.15, 0.2) is 5.82 Å². The summed E-state index contributed by atoms with van der Waals surface area (Å²) in [4.78, 5) is 22.5. The highest BCUT2D eigenvalue weighted by Crippen LogP contribution is 2.20. The van der Waals surface area contributed by atoms with E-state index in [9.17, 15) is 9.59 Å². The van der Waals surface area contributed by atoms with Gasteiger partial charge in [-0.25, -0.2) is 4.79 Å². The standard InChI is InChI=1S/C15H19N3O5/c1-9-6-12(15(21)16-4-5-22-8-14(19)20)11(3)18(9)13-7-10(2)23-17-13/h6-7H,4-5,8H2,1-3H3,(H,16,21)(H,19,20). The first kappa shape index (κ1) is 16.8. The molecule has 0 aromatic carbocycles. The molecule has 0 unspecified atom stereocenters. The van der Waals surface area contributed by atoms with Crippen molar-refractivity contribution in [2.24, 2.45) is 0 Å². The predicted octanol–water partition coefficient (Wildman–Crippen LogP) is 1.22. The molecule has 0 atom stereocenters. The van der Waals surface area contributed by atoms with Crippen molar-refractivity contribution in [1.82, 2.24) is 15.0 Å². The van der Waals surface area contributed by atoms with Crippen molar-refractivity contribution < 1.29 is 24.0 Å². The number of hydrogen-bond donors (Lipinski definition) is 2. The third-order valence-electron chi connectivity index (χ3n) is 3.28. The van der Waals surface area contributed by atoms with Crippen molar-refractivity contribution in [2.45, 2.75) is 20.8 Å². The fourth-order valence-corrected chi connectivity index (χ4v) is 2.30. The lowest BCUT2D eigenvalue weighted by molar-refractivity contribution is -0.142. The van der Waals surface area contributed by atoms with Crippen LogP contribution in [0, 0.1) is 20.8 Å². The van der Waals surface area contributed by atoms with Crippen LogP contribution in [0.1, 0.15) is 27.5 Å². The Balaban J connectivity index is 2.03. The van der Waals surface area contributed by atoms with Crippen LogP contribution in [-0.4, -0.2) is 46.5 Å². The lowest BCUT2D eigenvalue weighted by atomic mass is 10.2. The number of nitrogens with zero attached hydrogens (tertiary/aromatic N) is 2. The Bertz CT molecular complexity index is 717. The van der Waals surface area contributed by atoms with Gasteiger partial charge in [-0.1, -0.05) is 5.16 Å². The monoisotopic (exact) mass is 321 g/mol. The average Bonchev–Trinajstić information content (AvgIpc) is 3.01. The summed E-state index contributed by atoms with van der Waals surface area (Å²) in [5.41, 5.74) is 2.14. The van der Waals surface area contributed by atoms with Gasteiger partial charge in [0.05, 0.1) is 12.2 Å². The highest BCUT2D eigenvalue weighted by molar-refractivity contribution is 5.95. The summed E-state index contributed by atoms with van der Waals surface area (Å²) in [6.45, 7) is 5.50. The summed E-state index contributed by atoms with van der Waals surface area (Å²) in [7, 11) is 0. The molecule has 0 saturated heterocycles. The predicted molar refractivity (Wildman–Crippen MR) is 80.8 cm³/mol. The van der Waals surface area contributed by atoms with Gasteiger partial charge in [-0.15, -0.1) is 0 Å². The summed E-state index contributed by atoms with van der Waals surface area (Å²) in [6.07, 6.45) is 0. The van der Waals surface area contributed by atoms with Crippen molar-refractivity contribution in [3.05, 3.63) is 34.8 Å². The van der Waals surface area contributed by atoms with E-state index in [2.05, 4.69) is 10.5 Å². The van der Waals surface area contributed by atoms with E-state index in [1.807, 2.05) is 18.4 Å². The van der Waals surface area contributed by atoms with E-state index >= 15 is 0 Å². The molecular weight excluding hydrogens is 302 g/mol. The van der Waals surface area contributed by atoms with Gasteiger partial charge in [0.1, 0.15) is 12.4 Å². The van der Waals surface area contributed by atoms with E-state index in [1.165, 1.54) is 0 Å². The number of aromatic nitrogens is 2. The van der Waals surface area contributed by atoms with Gasteiger partial charge in [0.25, 0.3) is 5.91 Å². The molecule has 0 aliphatic rings. The number of ether oxygens (including phenoxy) is 1. The largest absolute Gasteiger partial charge is 0.480 e. The average molecular weight is 321 g/mol. The molecule has 2 rings (SSSR count). The fraction of sp³-hybridized carbons (Fsp3) is 0.400. The second kappa shape index (κ2) is 7.10. The number of amides is 1. The van der Waals surface area contributed by atoms with E-state index in [1.54, 1.807) is 19.1 Å². The van der Waals surface area contributed by atoms with E-state index in [-0.39, 0.29) is 25.7 Å². The van der Waals surface area contributed by atoms with Crippen molar-refractivity contribution in [2.75, 3.05) is 19.8 Å². The van der Waals surface area contributed by atoms with Crippen LogP contribution in [0.2, 0.25) is 0 Å². The van der Waals surface area contributed by atoms with Gasteiger partial charge < -0.3 is 19.7 Å². The van der Waals surface area contributed by atoms with Gasteiger partial charge in [0, 0.05) is 24.0 Å². The zero-order valence-electron chi connectivity index (χ0n) is 13.3. The van der Waals surface area contributed by atoms with Gasteiger partial charge >= 0.3 is 5.97 Å². The van der Waals surface area contributed by atoms with Crippen LogP contribution >= 0.6 is 0 Å². The minimum absolute atomic E-state index is 0.138. The smallest absolute Gasteiger partial charge is 0.329 e. The van der Waals surface area contributed by atoms with Gasteiger partial charge in [0.2, 0.25) is 0 Å². The number of carboxylic acid groups (broad SMARTS) is 1. The van der Waals surface area contributed by atoms with Crippen LogP contribution in [0.5, 0.6) is 0 Å². The Morgan fingerprint density at radius 1 is 1.35 bits per heavy atom. The Morgan fingerprint density at radius 3 is 2.70 bits per heavy atom. The summed E-state index contributed by atoms with van der Waals surface area (Å²) in [5, 5.41) is 15.1. The quantitative estimate of drug-likeness (QED) is 0.743. The summed E-state index contributed by atoms with van der Waals surface area (Å²) < 4.78 is 11.8. The van der Waals surface area contributed by atoms with Gasteiger partial charge in [-0.05, 0) is 26.8 Å². The van der Waals surface area contributed by atoms with Crippen molar-refractivity contribution >= 4 is 11.9 Å². The molecule has 0 fully saturated rings. The molecule has 23 heavy (non-hydrogen) atoms. The minimum atomic E-state index is -1.04. The minimum Gasteiger partial charge on any atom is -0.480 e. The fourth-order valence-electron chi connectivity index (χ4n) is 2.30. The summed E-state index contributed by atoms with van der Waals surface area (Å²) >= 11 is 0. The summed E-state index contributed by atoms with van der Waals surface area (Å²) in [6, 6.07) is 3.56. The molecular formula is C15H19N3O5. The van der Waals surface area contributed by atoms with Crippen molar-refractivity contribution in [3.63, 3.8) is 0 Å². The van der Waals surface area contributed by atoms with E-state index in [4.69, 9.17) is 14.4 Å². The Labute approximate surface area is 133 Å². The first-order valence-corrected chi connectivity index (χ1v) is 7.10. The first-order valence-electron chi connectivity index (χ1n) is 7.10. The van der Waals surface area contributed by atoms with Gasteiger partial charge in [-0.2, -0.15) is 0 Å². The molecule has 0 radical (unpaired) electrons. The second-order valence-electron chi connectivity index (χ2n) is 5.12. The number of nitrogens with one attached hydrogen (secondary N) is 1. The number of aryl methyl sites for hydroxylation is 2. The molecule has 0 aliphatic carbocycles. The molecule has 8 heteroatoms. The van der Waals surface area contributed by atoms with Crippen molar-refractivity contribution in [1.29, 1.82) is 0 Å². The molecule has 1 amide bonds. The van der Waals surface area contributed by atoms with Crippen LogP contribution in [0.3, 0.4) is 0 Å². The van der Waals surface area contributed by atoms with Crippen molar-refractivity contribution in [3.8, 4) is 5.82 Å². The van der Waals surface area contributed by atoms with E-state index in [0.29, 0.717) is 17.1 Å². The molecule has 0 bridgehead atoms. The number of carbonyl (C=O) groups excluding carboxylic acids is 1. The number of hydrogen-bond acceptors (Lipinski definition) is 5. The highest BCUT2D eigenvalue weighted by Gasteiger charge is 2.18. The number of carboxylic acids is 1. The zero-order valence-corrected chi connectivity index (χ0v) is 13.3. The van der Waals surface area contributed by atoms with Gasteiger partial charge in [-0.3, -0.25) is 9.36 Å². The maximum atomic E-state index is 12.2. The molecule has 0 saturated carbocycles. The van der Waals surface area contributed by atoms with Crippen LogP contribution in [0.25, 0.3) is 5.82 Å². The SMILES string of the molecule is Cc1cc(-n2c(C)cc(C(=O)NCCOCC(=O)O)c2C)no1. The normalized spacial score (nSPS) is 10.7. The summed E-state index contributed by atoms with van der Waals surface area (Å²) in [5.74, 6) is 0.0293. The highest BCUT2D eigenvalue weighted by atomic mass is 16.5. The molecule has 0 spiro atoms. The molecule has 0 aliphatic heterocycles. The Kier molecular flexibility index (Phi) is 5.17. The second-order valence-corrected chi connectivity index (χ2v) is 5.12. The van der Waals surface area contributed by atoms with E-state index in [0.717, 1.165) is 11.4 Å². The zero-order chi connectivity index (χ0) is 17.0. The maximum absolute atomic E-state index is 12.2. The Morgan fingerprint density at radius 2 is 2.09 bits per heavy atom. The number of rotatable bonds is 7. The number of aliphatic carboxylic acids is 1.